The fourth-order valence-corrected chi connectivity index (χ4v) is 2.41. The highest BCUT2D eigenvalue weighted by molar-refractivity contribution is 5.85. The maximum atomic E-state index is 5.87. The lowest BCUT2D eigenvalue weighted by Gasteiger charge is -2.30. The van der Waals surface area contributed by atoms with Crippen molar-refractivity contribution >= 4 is 24.8 Å². The summed E-state index contributed by atoms with van der Waals surface area (Å²) >= 11 is 0. The molecule has 0 bridgehead atoms. The molecule has 23 heavy (non-hydrogen) atoms. The van der Waals surface area contributed by atoms with E-state index >= 15 is 0 Å². The van der Waals surface area contributed by atoms with E-state index in [2.05, 4.69) is 20.0 Å². The van der Waals surface area contributed by atoms with Crippen LogP contribution in [-0.2, 0) is 13.1 Å². The first-order chi connectivity index (χ1) is 10.3. The van der Waals surface area contributed by atoms with Gasteiger partial charge in [0, 0.05) is 25.4 Å². The van der Waals surface area contributed by atoms with Crippen molar-refractivity contribution in [2.24, 2.45) is 5.73 Å². The molecule has 1 fully saturated rings. The van der Waals surface area contributed by atoms with Crippen molar-refractivity contribution in [2.75, 3.05) is 13.1 Å². The van der Waals surface area contributed by atoms with Crippen molar-refractivity contribution in [1.82, 2.24) is 20.0 Å². The summed E-state index contributed by atoms with van der Waals surface area (Å²) in [5.41, 5.74) is 5.46. The van der Waals surface area contributed by atoms with Gasteiger partial charge in [-0.1, -0.05) is 11.2 Å². The molecule has 0 radical (unpaired) electrons. The lowest BCUT2D eigenvalue weighted by molar-refractivity contribution is 0.0914. The molecule has 1 aliphatic rings. The molecule has 2 N–H and O–H groups in total. The fourth-order valence-electron chi connectivity index (χ4n) is 2.41. The number of aromatic nitrogens is 3. The van der Waals surface area contributed by atoms with Crippen molar-refractivity contribution in [1.29, 1.82) is 0 Å². The molecule has 1 aliphatic heterocycles. The molecule has 0 saturated carbocycles. The summed E-state index contributed by atoms with van der Waals surface area (Å²) in [7, 11) is 0. The Bertz CT molecular complexity index is 561. The van der Waals surface area contributed by atoms with Gasteiger partial charge in [0.15, 0.2) is 5.82 Å². The van der Waals surface area contributed by atoms with Crippen molar-refractivity contribution in [3.05, 3.63) is 36.1 Å². The van der Waals surface area contributed by atoms with E-state index in [1.165, 1.54) is 0 Å². The molecule has 0 atom stereocenters. The van der Waals surface area contributed by atoms with Crippen LogP contribution in [0.4, 0.5) is 0 Å². The van der Waals surface area contributed by atoms with Gasteiger partial charge in [-0.3, -0.25) is 4.90 Å². The third-order valence-electron chi connectivity index (χ3n) is 3.51. The highest BCUT2D eigenvalue weighted by Gasteiger charge is 2.22. The summed E-state index contributed by atoms with van der Waals surface area (Å²) in [6.45, 7) is 2.88. The van der Waals surface area contributed by atoms with Crippen LogP contribution >= 0.6 is 24.8 Å². The highest BCUT2D eigenvalue weighted by Crippen LogP contribution is 2.17. The standard InChI is InChI=1S/C14H19N5O2.2ClH/c15-9-14-17-12(18-21-14)10-19-7-4-11(5-8-19)20-13-3-1-2-6-16-13;;/h1-3,6,11H,4-5,7-10,15H2;2*1H. The van der Waals surface area contributed by atoms with Gasteiger partial charge in [0.05, 0.1) is 13.1 Å². The quantitative estimate of drug-likeness (QED) is 0.867. The molecule has 2 aromatic rings. The Morgan fingerprint density at radius 1 is 1.26 bits per heavy atom. The number of hydrogen-bond acceptors (Lipinski definition) is 7. The van der Waals surface area contributed by atoms with E-state index < -0.39 is 0 Å². The zero-order valence-corrected chi connectivity index (χ0v) is 14.3. The number of ether oxygens (including phenoxy) is 1. The second-order valence-electron chi connectivity index (χ2n) is 5.07. The first-order valence-electron chi connectivity index (χ1n) is 7.15. The zero-order valence-electron chi connectivity index (χ0n) is 12.6. The van der Waals surface area contributed by atoms with Gasteiger partial charge in [-0.15, -0.1) is 24.8 Å². The van der Waals surface area contributed by atoms with Crippen LogP contribution in [0, 0.1) is 0 Å². The molecule has 0 aromatic carbocycles. The molecule has 128 valence electrons. The SMILES string of the molecule is Cl.Cl.NCc1nc(CN2CCC(Oc3ccccn3)CC2)no1. The first kappa shape index (κ1) is 19.6. The predicted molar refractivity (Wildman–Crippen MR) is 89.8 cm³/mol. The second-order valence-corrected chi connectivity index (χ2v) is 5.07. The van der Waals surface area contributed by atoms with Gasteiger partial charge < -0.3 is 15.0 Å². The molecule has 0 unspecified atom stereocenters. The lowest BCUT2D eigenvalue weighted by atomic mass is 10.1. The fraction of sp³-hybridized carbons (Fsp3) is 0.500. The summed E-state index contributed by atoms with van der Waals surface area (Å²) in [5.74, 6) is 1.87. The average molecular weight is 362 g/mol. The Labute approximate surface area is 147 Å². The number of piperidine rings is 1. The van der Waals surface area contributed by atoms with E-state index in [0.29, 0.717) is 24.1 Å². The molecule has 3 rings (SSSR count). The van der Waals surface area contributed by atoms with Crippen LogP contribution in [0.15, 0.2) is 28.9 Å². The van der Waals surface area contributed by atoms with Gasteiger partial charge in [0.1, 0.15) is 6.10 Å². The maximum Gasteiger partial charge on any atom is 0.240 e. The predicted octanol–water partition coefficient (Wildman–Crippen LogP) is 1.81. The number of likely N-dealkylation sites (tertiary alicyclic amines) is 1. The summed E-state index contributed by atoms with van der Waals surface area (Å²) in [6, 6.07) is 5.71. The van der Waals surface area contributed by atoms with Crippen LogP contribution in [0.5, 0.6) is 5.88 Å². The minimum atomic E-state index is 0. The van der Waals surface area contributed by atoms with Crippen molar-refractivity contribution in [3.8, 4) is 5.88 Å². The Morgan fingerprint density at radius 2 is 2.04 bits per heavy atom. The number of nitrogens with zero attached hydrogens (tertiary/aromatic N) is 4. The first-order valence-corrected chi connectivity index (χ1v) is 7.15. The van der Waals surface area contributed by atoms with E-state index in [9.17, 15) is 0 Å². The van der Waals surface area contributed by atoms with Gasteiger partial charge in [-0.25, -0.2) is 4.98 Å². The maximum absolute atomic E-state index is 5.87. The van der Waals surface area contributed by atoms with E-state index in [1.807, 2.05) is 18.2 Å². The number of halogens is 2. The lowest BCUT2D eigenvalue weighted by Crippen LogP contribution is -2.38. The van der Waals surface area contributed by atoms with E-state index in [4.69, 9.17) is 15.0 Å². The molecule has 0 amide bonds. The van der Waals surface area contributed by atoms with Crippen molar-refractivity contribution in [2.45, 2.75) is 32.0 Å². The summed E-state index contributed by atoms with van der Waals surface area (Å²) in [4.78, 5) is 10.7. The molecular formula is C14H21Cl2N5O2. The Balaban J connectivity index is 0.00000132. The van der Waals surface area contributed by atoms with Crippen LogP contribution in [0.25, 0.3) is 0 Å². The van der Waals surface area contributed by atoms with Gasteiger partial charge in [-0.2, -0.15) is 4.98 Å². The summed E-state index contributed by atoms with van der Waals surface area (Å²) in [6.07, 6.45) is 3.91. The Kier molecular flexibility index (Phi) is 8.25. The number of pyridine rings is 1. The van der Waals surface area contributed by atoms with Crippen LogP contribution in [-0.4, -0.2) is 39.2 Å². The van der Waals surface area contributed by atoms with Gasteiger partial charge in [0.25, 0.3) is 0 Å². The molecule has 0 aliphatic carbocycles. The largest absolute Gasteiger partial charge is 0.474 e. The molecule has 9 heteroatoms. The summed E-state index contributed by atoms with van der Waals surface area (Å²) < 4.78 is 10.9. The minimum absolute atomic E-state index is 0. The van der Waals surface area contributed by atoms with Crippen molar-refractivity contribution in [3.63, 3.8) is 0 Å². The second kappa shape index (κ2) is 9.67. The highest BCUT2D eigenvalue weighted by atomic mass is 35.5. The van der Waals surface area contributed by atoms with E-state index in [1.54, 1.807) is 6.20 Å². The van der Waals surface area contributed by atoms with Crippen LogP contribution in [0.2, 0.25) is 0 Å². The minimum Gasteiger partial charge on any atom is -0.474 e. The molecule has 1 saturated heterocycles. The van der Waals surface area contributed by atoms with Gasteiger partial charge in [-0.05, 0) is 18.9 Å². The normalized spacial score (nSPS) is 15.5. The Morgan fingerprint density at radius 3 is 2.65 bits per heavy atom. The number of nitrogens with two attached hydrogens (primary N) is 1. The van der Waals surface area contributed by atoms with Gasteiger partial charge >= 0.3 is 0 Å². The molecule has 0 spiro atoms. The monoisotopic (exact) mass is 361 g/mol. The van der Waals surface area contributed by atoms with Crippen LogP contribution < -0.4 is 10.5 Å². The number of hydrogen-bond donors (Lipinski definition) is 1. The third kappa shape index (κ3) is 5.62. The summed E-state index contributed by atoms with van der Waals surface area (Å²) in [5, 5.41) is 3.92. The topological polar surface area (TPSA) is 90.3 Å². The molecule has 7 nitrogen and oxygen atoms in total. The van der Waals surface area contributed by atoms with Gasteiger partial charge in [0.2, 0.25) is 11.8 Å². The number of rotatable bonds is 5. The third-order valence-corrected chi connectivity index (χ3v) is 3.51. The molecular weight excluding hydrogens is 341 g/mol. The van der Waals surface area contributed by atoms with Crippen molar-refractivity contribution < 1.29 is 9.26 Å². The molecule has 2 aromatic heterocycles. The average Bonchev–Trinajstić information content (AvgIpc) is 2.98. The zero-order chi connectivity index (χ0) is 14.5. The van der Waals surface area contributed by atoms with E-state index in [-0.39, 0.29) is 37.5 Å². The van der Waals surface area contributed by atoms with E-state index in [0.717, 1.165) is 25.9 Å². The van der Waals surface area contributed by atoms with Crippen LogP contribution in [0.1, 0.15) is 24.6 Å². The van der Waals surface area contributed by atoms with Crippen LogP contribution in [0.3, 0.4) is 0 Å². The molecule has 3 heterocycles. The smallest absolute Gasteiger partial charge is 0.240 e. The Hall–Kier alpha value is -1.41.